The molecule has 1 unspecified atom stereocenters. The maximum absolute atomic E-state index is 14.9. The molecule has 7 aromatic carbocycles. The van der Waals surface area contributed by atoms with Gasteiger partial charge in [0.2, 0.25) is 0 Å². The van der Waals surface area contributed by atoms with Crippen molar-refractivity contribution >= 4 is 22.8 Å². The molecule has 0 N–H and O–H groups in total. The molecule has 0 amide bonds. The average molecular weight is 630 g/mol. The Morgan fingerprint density at radius 3 is 1.86 bits per heavy atom. The van der Waals surface area contributed by atoms with Crippen LogP contribution in [-0.4, -0.2) is 5.78 Å². The summed E-state index contributed by atoms with van der Waals surface area (Å²) in [5.41, 5.74) is 14.8. The Labute approximate surface area is 285 Å². The lowest BCUT2D eigenvalue weighted by molar-refractivity contribution is 0.103. The van der Waals surface area contributed by atoms with Gasteiger partial charge < -0.3 is 9.64 Å². The highest BCUT2D eigenvalue weighted by Crippen LogP contribution is 2.65. The quantitative estimate of drug-likeness (QED) is 0.191. The zero-order chi connectivity index (χ0) is 32.9. The van der Waals surface area contributed by atoms with Crippen LogP contribution in [0.25, 0.3) is 22.3 Å². The Morgan fingerprint density at radius 2 is 1.08 bits per heavy atom. The van der Waals surface area contributed by atoms with Gasteiger partial charge in [-0.05, 0) is 106 Å². The van der Waals surface area contributed by atoms with Gasteiger partial charge in [0.05, 0.1) is 22.5 Å². The Kier molecular flexibility index (Phi) is 5.78. The van der Waals surface area contributed by atoms with Gasteiger partial charge in [0, 0.05) is 11.1 Å². The Hall–Kier alpha value is -6.19. The summed E-state index contributed by atoms with van der Waals surface area (Å²) in [7, 11) is 0. The second-order valence-corrected chi connectivity index (χ2v) is 13.3. The Bertz CT molecular complexity index is 2540. The van der Waals surface area contributed by atoms with Gasteiger partial charge in [0.15, 0.2) is 17.3 Å². The number of hydrogen-bond donors (Lipinski definition) is 0. The minimum atomic E-state index is -0.796. The fourth-order valence-electron chi connectivity index (χ4n) is 8.60. The molecule has 10 rings (SSSR count). The molecule has 232 valence electrons. The van der Waals surface area contributed by atoms with Crippen LogP contribution in [0.3, 0.4) is 0 Å². The second-order valence-electron chi connectivity index (χ2n) is 13.3. The molecule has 0 bridgehead atoms. The lowest BCUT2D eigenvalue weighted by Crippen LogP contribution is -2.43. The van der Waals surface area contributed by atoms with E-state index >= 15 is 0 Å². The van der Waals surface area contributed by atoms with E-state index < -0.39 is 5.41 Å². The van der Waals surface area contributed by atoms with Crippen LogP contribution in [-0.2, 0) is 5.41 Å². The third-order valence-electron chi connectivity index (χ3n) is 10.8. The van der Waals surface area contributed by atoms with Crippen LogP contribution >= 0.6 is 0 Å². The predicted molar refractivity (Wildman–Crippen MR) is 197 cm³/mol. The highest BCUT2D eigenvalue weighted by atomic mass is 16.5. The smallest absolute Gasteiger partial charge is 0.193 e. The van der Waals surface area contributed by atoms with Crippen LogP contribution in [0.1, 0.15) is 49.3 Å². The molecule has 1 atom stereocenters. The fourth-order valence-corrected chi connectivity index (χ4v) is 8.60. The lowest BCUT2D eigenvalue weighted by Gasteiger charge is -2.50. The van der Waals surface area contributed by atoms with E-state index in [1.165, 1.54) is 11.1 Å². The monoisotopic (exact) mass is 629 g/mol. The summed E-state index contributed by atoms with van der Waals surface area (Å²) >= 11 is 0. The number of carbonyl (C=O) groups excluding carboxylic acids is 1. The molecule has 1 spiro atoms. The number of nitrogens with zero attached hydrogens (tertiary/aromatic N) is 1. The summed E-state index contributed by atoms with van der Waals surface area (Å²) < 4.78 is 6.66. The van der Waals surface area contributed by atoms with Gasteiger partial charge >= 0.3 is 0 Å². The van der Waals surface area contributed by atoms with Gasteiger partial charge in [-0.15, -0.1) is 0 Å². The summed E-state index contributed by atoms with van der Waals surface area (Å²) in [4.78, 5) is 17.2. The summed E-state index contributed by atoms with van der Waals surface area (Å²) in [5.74, 6) is 1.67. The molecule has 7 aromatic rings. The average Bonchev–Trinajstić information content (AvgIpc) is 3.14. The van der Waals surface area contributed by atoms with Crippen molar-refractivity contribution < 1.29 is 9.53 Å². The number of aryl methyl sites for hydroxylation is 2. The number of rotatable bonds is 2. The van der Waals surface area contributed by atoms with E-state index in [4.69, 9.17) is 4.74 Å². The van der Waals surface area contributed by atoms with Crippen LogP contribution in [0.5, 0.6) is 11.5 Å². The van der Waals surface area contributed by atoms with Crippen LogP contribution in [0.15, 0.2) is 152 Å². The van der Waals surface area contributed by atoms with E-state index in [2.05, 4.69) is 158 Å². The molecule has 0 aromatic heterocycles. The molecule has 1 aliphatic carbocycles. The lowest BCUT2D eigenvalue weighted by atomic mass is 9.57. The van der Waals surface area contributed by atoms with E-state index in [1.807, 2.05) is 12.1 Å². The molecule has 0 saturated carbocycles. The van der Waals surface area contributed by atoms with Crippen LogP contribution < -0.4 is 9.64 Å². The van der Waals surface area contributed by atoms with Gasteiger partial charge in [0.1, 0.15) is 0 Å². The summed E-state index contributed by atoms with van der Waals surface area (Å²) in [6.45, 7) is 4.27. The topological polar surface area (TPSA) is 29.5 Å². The first-order chi connectivity index (χ1) is 24.1. The molecule has 3 aliphatic rings. The molecule has 2 aliphatic heterocycles. The predicted octanol–water partition coefficient (Wildman–Crippen LogP) is 11.5. The molecule has 0 saturated heterocycles. The van der Waals surface area contributed by atoms with Gasteiger partial charge in [-0.3, -0.25) is 4.79 Å². The molecule has 3 heteroatoms. The minimum Gasteiger partial charge on any atom is -0.453 e. The number of benzene rings is 7. The maximum Gasteiger partial charge on any atom is 0.193 e. The minimum absolute atomic E-state index is 0.0497. The van der Waals surface area contributed by atoms with Gasteiger partial charge in [-0.1, -0.05) is 115 Å². The normalized spacial score (nSPS) is 16.2. The summed E-state index contributed by atoms with van der Waals surface area (Å²) in [5, 5.41) is 0. The molecule has 49 heavy (non-hydrogen) atoms. The van der Waals surface area contributed by atoms with Crippen LogP contribution in [0.4, 0.5) is 17.1 Å². The molecule has 0 radical (unpaired) electrons. The third-order valence-corrected chi connectivity index (χ3v) is 10.8. The highest BCUT2D eigenvalue weighted by Gasteiger charge is 2.53. The van der Waals surface area contributed by atoms with Gasteiger partial charge in [0.25, 0.3) is 0 Å². The van der Waals surface area contributed by atoms with Crippen LogP contribution in [0.2, 0.25) is 0 Å². The largest absolute Gasteiger partial charge is 0.453 e. The number of ketones is 1. The fraction of sp³-hybridized carbons (Fsp3) is 0.0652. The Balaban J connectivity index is 1.35. The molecular formula is C46H31NO2. The number of hydrogen-bond acceptors (Lipinski definition) is 3. The molecule has 3 nitrogen and oxygen atoms in total. The number of anilines is 3. The van der Waals surface area contributed by atoms with Crippen LogP contribution in [0, 0.1) is 13.8 Å². The van der Waals surface area contributed by atoms with Crippen molar-refractivity contribution in [1.29, 1.82) is 0 Å². The summed E-state index contributed by atoms with van der Waals surface area (Å²) in [6, 6.07) is 53.2. The number of fused-ring (bicyclic) bond motifs is 10. The zero-order valence-corrected chi connectivity index (χ0v) is 27.2. The van der Waals surface area contributed by atoms with E-state index in [9.17, 15) is 4.79 Å². The van der Waals surface area contributed by atoms with Crippen molar-refractivity contribution in [2.75, 3.05) is 4.90 Å². The first-order valence-electron chi connectivity index (χ1n) is 16.8. The molecule has 2 heterocycles. The zero-order valence-electron chi connectivity index (χ0n) is 27.2. The first-order valence-corrected chi connectivity index (χ1v) is 16.8. The van der Waals surface area contributed by atoms with Gasteiger partial charge in [-0.25, -0.2) is 0 Å². The molecule has 0 fully saturated rings. The SMILES string of the molecule is Cc1ccccc1-c1ccc2c(c1)C(=O)c1ccc(-c3ccccc3C)cc1C21c2ccccc2N2c3ccccc3Oc3cccc1c32. The van der Waals surface area contributed by atoms with E-state index in [0.717, 1.165) is 84.2 Å². The number of para-hydroxylation sites is 4. The standard InChI is InChI=1S/C46H31NO2/c1-28-12-3-5-14-32(28)30-23-25-36-35(26-30)45(48)34-24-22-31(33-15-6-4-13-29(33)2)27-39(34)46(36)37-16-7-8-18-40(37)47-41-19-9-10-20-42(41)49-43-21-11-17-38(46)44(43)47/h3-27H,1-2H3. The number of carbonyl (C=O) groups is 1. The maximum atomic E-state index is 14.9. The van der Waals surface area contributed by atoms with Crippen molar-refractivity contribution in [3.63, 3.8) is 0 Å². The van der Waals surface area contributed by atoms with E-state index in [1.54, 1.807) is 0 Å². The summed E-state index contributed by atoms with van der Waals surface area (Å²) in [6.07, 6.45) is 0. The number of ether oxygens (including phenoxy) is 1. The third kappa shape index (κ3) is 3.70. The van der Waals surface area contributed by atoms with E-state index in [0.29, 0.717) is 0 Å². The Morgan fingerprint density at radius 1 is 0.469 bits per heavy atom. The van der Waals surface area contributed by atoms with Gasteiger partial charge in [-0.2, -0.15) is 0 Å². The molecular weight excluding hydrogens is 599 g/mol. The first kappa shape index (κ1) is 27.9. The van der Waals surface area contributed by atoms with Crippen molar-refractivity contribution in [3.05, 3.63) is 196 Å². The van der Waals surface area contributed by atoms with Crippen molar-refractivity contribution in [2.45, 2.75) is 19.3 Å². The van der Waals surface area contributed by atoms with E-state index in [-0.39, 0.29) is 5.78 Å². The highest BCUT2D eigenvalue weighted by molar-refractivity contribution is 6.16. The second kappa shape index (κ2) is 10.2. The van der Waals surface area contributed by atoms with Crippen molar-refractivity contribution in [2.24, 2.45) is 0 Å². The van der Waals surface area contributed by atoms with Crippen molar-refractivity contribution in [1.82, 2.24) is 0 Å². The van der Waals surface area contributed by atoms with Crippen molar-refractivity contribution in [3.8, 4) is 33.8 Å².